The number of benzene rings is 1. The average molecular weight is 291 g/mol. The topological polar surface area (TPSA) is 49.8 Å². The van der Waals surface area contributed by atoms with Crippen LogP contribution in [0.25, 0.3) is 0 Å². The van der Waals surface area contributed by atoms with E-state index >= 15 is 0 Å². The van der Waals surface area contributed by atoms with Crippen molar-refractivity contribution in [3.05, 3.63) is 29.8 Å². The van der Waals surface area contributed by atoms with Crippen molar-refractivity contribution in [1.29, 1.82) is 0 Å². The van der Waals surface area contributed by atoms with E-state index in [1.165, 1.54) is 12.8 Å². The van der Waals surface area contributed by atoms with Gasteiger partial charge in [0, 0.05) is 0 Å². The fourth-order valence-electron chi connectivity index (χ4n) is 3.21. The Bertz CT molecular complexity index is 463. The lowest BCUT2D eigenvalue weighted by atomic mass is 9.86. The van der Waals surface area contributed by atoms with Crippen molar-refractivity contribution in [2.75, 3.05) is 20.2 Å². The molecule has 0 radical (unpaired) electrons. The zero-order chi connectivity index (χ0) is 15.3. The van der Waals surface area contributed by atoms with Gasteiger partial charge in [0.05, 0.1) is 19.1 Å². The maximum absolute atomic E-state index is 11.4. The monoisotopic (exact) mass is 291 g/mol. The number of ether oxygens (including phenoxy) is 1. The van der Waals surface area contributed by atoms with Gasteiger partial charge in [0.2, 0.25) is 0 Å². The first-order chi connectivity index (χ1) is 10.1. The summed E-state index contributed by atoms with van der Waals surface area (Å²) in [5.41, 5.74) is 0.593. The summed E-state index contributed by atoms with van der Waals surface area (Å²) >= 11 is 0. The zero-order valence-electron chi connectivity index (χ0n) is 13.0. The molecule has 1 heterocycles. The number of hydrogen-bond donors (Lipinski definition) is 1. The Morgan fingerprint density at radius 2 is 1.76 bits per heavy atom. The second-order valence-electron chi connectivity index (χ2n) is 5.97. The summed E-state index contributed by atoms with van der Waals surface area (Å²) < 4.78 is 5.20. The van der Waals surface area contributed by atoms with Gasteiger partial charge in [0.25, 0.3) is 0 Å². The number of likely N-dealkylation sites (tertiary alicyclic amines) is 1. The largest absolute Gasteiger partial charge is 0.497 e. The standard InChI is InChI=1S/C17H25NO3/c1-17(13-16(19)20,18-11-5-3-4-6-12-18)14-7-9-15(21-2)10-8-14/h7-10H,3-6,11-13H2,1-2H3,(H,19,20). The van der Waals surface area contributed by atoms with Crippen molar-refractivity contribution < 1.29 is 14.6 Å². The van der Waals surface area contributed by atoms with Crippen LogP contribution < -0.4 is 4.74 Å². The van der Waals surface area contributed by atoms with Crippen molar-refractivity contribution in [3.8, 4) is 5.75 Å². The quantitative estimate of drug-likeness (QED) is 0.904. The number of hydrogen-bond acceptors (Lipinski definition) is 3. The Labute approximate surface area is 126 Å². The number of aliphatic carboxylic acids is 1. The summed E-state index contributed by atoms with van der Waals surface area (Å²) in [6.45, 7) is 3.99. The molecule has 0 aliphatic carbocycles. The highest BCUT2D eigenvalue weighted by Gasteiger charge is 2.36. The van der Waals surface area contributed by atoms with Crippen molar-refractivity contribution in [2.24, 2.45) is 0 Å². The molecule has 1 unspecified atom stereocenters. The molecule has 1 aliphatic heterocycles. The van der Waals surface area contributed by atoms with Crippen LogP contribution in [0.2, 0.25) is 0 Å². The van der Waals surface area contributed by atoms with Gasteiger partial charge in [-0.25, -0.2) is 0 Å². The number of carbonyl (C=O) groups is 1. The van der Waals surface area contributed by atoms with Crippen LogP contribution in [0, 0.1) is 0 Å². The minimum Gasteiger partial charge on any atom is -0.497 e. The van der Waals surface area contributed by atoms with Crippen LogP contribution in [0.1, 0.15) is 44.6 Å². The van der Waals surface area contributed by atoms with Crippen molar-refractivity contribution in [2.45, 2.75) is 44.6 Å². The summed E-state index contributed by atoms with van der Waals surface area (Å²) in [6, 6.07) is 7.81. The summed E-state index contributed by atoms with van der Waals surface area (Å²) in [6.07, 6.45) is 4.89. The van der Waals surface area contributed by atoms with Gasteiger partial charge in [-0.15, -0.1) is 0 Å². The Hall–Kier alpha value is -1.55. The third kappa shape index (κ3) is 3.76. The fourth-order valence-corrected chi connectivity index (χ4v) is 3.21. The minimum atomic E-state index is -0.752. The molecular weight excluding hydrogens is 266 g/mol. The van der Waals surface area contributed by atoms with Crippen LogP contribution >= 0.6 is 0 Å². The number of rotatable bonds is 5. The molecule has 1 fully saturated rings. The first-order valence-corrected chi connectivity index (χ1v) is 7.67. The van der Waals surface area contributed by atoms with Crippen LogP contribution in [0.5, 0.6) is 5.75 Å². The van der Waals surface area contributed by atoms with Crippen molar-refractivity contribution in [1.82, 2.24) is 4.90 Å². The predicted octanol–water partition coefficient (Wildman–Crippen LogP) is 3.26. The number of carboxylic acids is 1. The molecule has 0 saturated carbocycles. The van der Waals surface area contributed by atoms with Crippen LogP contribution in [-0.2, 0) is 10.3 Å². The molecular formula is C17H25NO3. The van der Waals surface area contributed by atoms with Gasteiger partial charge < -0.3 is 9.84 Å². The van der Waals surface area contributed by atoms with Crippen LogP contribution in [0.4, 0.5) is 0 Å². The molecule has 1 N–H and O–H groups in total. The molecule has 0 spiro atoms. The number of carboxylic acid groups (broad SMARTS) is 1. The zero-order valence-corrected chi connectivity index (χ0v) is 13.0. The van der Waals surface area contributed by atoms with E-state index in [9.17, 15) is 9.90 Å². The van der Waals surface area contributed by atoms with Gasteiger partial charge in [0.1, 0.15) is 5.75 Å². The molecule has 1 aliphatic rings. The summed E-state index contributed by atoms with van der Waals surface area (Å²) in [5, 5.41) is 9.36. The maximum atomic E-state index is 11.4. The highest BCUT2D eigenvalue weighted by atomic mass is 16.5. The Kier molecular flexibility index (Phi) is 5.23. The van der Waals surface area contributed by atoms with E-state index in [2.05, 4.69) is 4.90 Å². The molecule has 0 bridgehead atoms. The fraction of sp³-hybridized carbons (Fsp3) is 0.588. The van der Waals surface area contributed by atoms with Crippen LogP contribution in [-0.4, -0.2) is 36.2 Å². The number of methoxy groups -OCH3 is 1. The molecule has 1 atom stereocenters. The van der Waals surface area contributed by atoms with Gasteiger partial charge in [0.15, 0.2) is 0 Å². The van der Waals surface area contributed by atoms with E-state index in [0.29, 0.717) is 0 Å². The van der Waals surface area contributed by atoms with Gasteiger partial charge in [-0.3, -0.25) is 9.69 Å². The lowest BCUT2D eigenvalue weighted by Gasteiger charge is -2.40. The predicted molar refractivity (Wildman–Crippen MR) is 82.6 cm³/mol. The van der Waals surface area contributed by atoms with Gasteiger partial charge in [-0.1, -0.05) is 25.0 Å². The summed E-state index contributed by atoms with van der Waals surface area (Å²) in [7, 11) is 1.64. The molecule has 0 aromatic heterocycles. The molecule has 1 aromatic carbocycles. The number of nitrogens with zero attached hydrogens (tertiary/aromatic N) is 1. The molecule has 21 heavy (non-hydrogen) atoms. The summed E-state index contributed by atoms with van der Waals surface area (Å²) in [5.74, 6) is 0.0462. The van der Waals surface area contributed by atoms with E-state index in [1.54, 1.807) is 7.11 Å². The smallest absolute Gasteiger partial charge is 0.305 e. The highest BCUT2D eigenvalue weighted by Crippen LogP contribution is 2.34. The van der Waals surface area contributed by atoms with E-state index in [0.717, 1.165) is 37.2 Å². The molecule has 4 heteroatoms. The first kappa shape index (κ1) is 15.8. The Morgan fingerprint density at radius 3 is 2.24 bits per heavy atom. The SMILES string of the molecule is COc1ccc(C(C)(CC(=O)O)N2CCCCCC2)cc1. The van der Waals surface area contributed by atoms with Crippen LogP contribution in [0.15, 0.2) is 24.3 Å². The third-order valence-corrected chi connectivity index (χ3v) is 4.51. The molecule has 2 rings (SSSR count). The van der Waals surface area contributed by atoms with Crippen LogP contribution in [0.3, 0.4) is 0 Å². The first-order valence-electron chi connectivity index (χ1n) is 7.67. The Balaban J connectivity index is 2.31. The Morgan fingerprint density at radius 1 is 1.19 bits per heavy atom. The van der Waals surface area contributed by atoms with E-state index < -0.39 is 11.5 Å². The van der Waals surface area contributed by atoms with Gasteiger partial charge in [-0.2, -0.15) is 0 Å². The summed E-state index contributed by atoms with van der Waals surface area (Å²) in [4.78, 5) is 13.7. The molecule has 1 saturated heterocycles. The molecule has 1 aromatic rings. The maximum Gasteiger partial charge on any atom is 0.305 e. The lowest BCUT2D eigenvalue weighted by molar-refractivity contribution is -0.140. The van der Waals surface area contributed by atoms with E-state index in [4.69, 9.17) is 4.74 Å². The third-order valence-electron chi connectivity index (χ3n) is 4.51. The second-order valence-corrected chi connectivity index (χ2v) is 5.97. The molecule has 4 nitrogen and oxygen atoms in total. The lowest BCUT2D eigenvalue weighted by Crippen LogP contribution is -2.46. The molecule has 0 amide bonds. The minimum absolute atomic E-state index is 0.124. The van der Waals surface area contributed by atoms with E-state index in [1.807, 2.05) is 31.2 Å². The molecule has 116 valence electrons. The van der Waals surface area contributed by atoms with Gasteiger partial charge in [-0.05, 0) is 50.6 Å². The van der Waals surface area contributed by atoms with Crippen molar-refractivity contribution >= 4 is 5.97 Å². The van der Waals surface area contributed by atoms with Gasteiger partial charge >= 0.3 is 5.97 Å². The second kappa shape index (κ2) is 6.94. The van der Waals surface area contributed by atoms with Crippen molar-refractivity contribution in [3.63, 3.8) is 0 Å². The highest BCUT2D eigenvalue weighted by molar-refractivity contribution is 5.69. The van der Waals surface area contributed by atoms with E-state index in [-0.39, 0.29) is 6.42 Å². The average Bonchev–Trinajstić information content (AvgIpc) is 2.76. The normalized spacial score (nSPS) is 19.5.